The van der Waals surface area contributed by atoms with Crippen molar-refractivity contribution in [2.24, 2.45) is 0 Å². The Labute approximate surface area is 197 Å². The largest absolute Gasteiger partial charge is 0.468 e. The van der Waals surface area contributed by atoms with Gasteiger partial charge in [0.1, 0.15) is 11.2 Å². The van der Waals surface area contributed by atoms with Crippen molar-refractivity contribution < 1.29 is 9.21 Å². The highest BCUT2D eigenvalue weighted by Gasteiger charge is 2.63. The first-order valence-electron chi connectivity index (χ1n) is 11.2. The molecule has 3 heterocycles. The van der Waals surface area contributed by atoms with E-state index in [9.17, 15) is 4.79 Å². The van der Waals surface area contributed by atoms with Crippen LogP contribution in [0.4, 0.5) is 5.69 Å². The molecular formula is C27H27BrN2O2. The van der Waals surface area contributed by atoms with E-state index in [-0.39, 0.29) is 18.0 Å². The number of likely N-dealkylation sites (tertiary alicyclic amines) is 1. The van der Waals surface area contributed by atoms with Crippen molar-refractivity contribution >= 4 is 27.5 Å². The second-order valence-electron chi connectivity index (χ2n) is 8.67. The normalized spacial score (nSPS) is 24.9. The lowest BCUT2D eigenvalue weighted by Crippen LogP contribution is -2.44. The fourth-order valence-corrected chi connectivity index (χ4v) is 5.94. The monoisotopic (exact) mass is 490 g/mol. The Balaban J connectivity index is 1.71. The van der Waals surface area contributed by atoms with Gasteiger partial charge in [0.25, 0.3) is 0 Å². The van der Waals surface area contributed by atoms with Crippen LogP contribution in [-0.2, 0) is 16.8 Å². The van der Waals surface area contributed by atoms with Gasteiger partial charge in [0.15, 0.2) is 0 Å². The quantitative estimate of drug-likeness (QED) is 0.383. The summed E-state index contributed by atoms with van der Waals surface area (Å²) in [5.74, 6) is 0.985. The molecule has 2 aliphatic heterocycles. The summed E-state index contributed by atoms with van der Waals surface area (Å²) in [6.45, 7) is 7.69. The number of hydrogen-bond acceptors (Lipinski definition) is 3. The van der Waals surface area contributed by atoms with Gasteiger partial charge in [-0.2, -0.15) is 0 Å². The van der Waals surface area contributed by atoms with Crippen molar-refractivity contribution in [1.29, 1.82) is 0 Å². The molecular weight excluding hydrogens is 464 g/mol. The Kier molecular flexibility index (Phi) is 5.56. The van der Waals surface area contributed by atoms with Gasteiger partial charge in [0, 0.05) is 29.3 Å². The average Bonchev–Trinajstić information content (AvgIpc) is 3.49. The third kappa shape index (κ3) is 3.18. The lowest BCUT2D eigenvalue weighted by atomic mass is 9.73. The number of fused-ring (bicyclic) bond motifs is 2. The molecule has 0 N–H and O–H groups in total. The molecule has 1 spiro atoms. The molecule has 2 aliphatic rings. The van der Waals surface area contributed by atoms with Crippen LogP contribution in [-0.4, -0.2) is 23.4 Å². The van der Waals surface area contributed by atoms with Gasteiger partial charge < -0.3 is 9.32 Å². The second-order valence-corrected chi connectivity index (χ2v) is 9.59. The van der Waals surface area contributed by atoms with Crippen molar-refractivity contribution in [3.63, 3.8) is 0 Å². The lowest BCUT2D eigenvalue weighted by Gasteiger charge is -2.34. The summed E-state index contributed by atoms with van der Waals surface area (Å²) in [5, 5.41) is 0. The molecule has 0 bridgehead atoms. The predicted molar refractivity (Wildman–Crippen MR) is 130 cm³/mol. The van der Waals surface area contributed by atoms with Crippen molar-refractivity contribution in [2.75, 3.05) is 11.4 Å². The number of benzene rings is 2. The van der Waals surface area contributed by atoms with E-state index >= 15 is 0 Å². The second kappa shape index (κ2) is 8.38. The van der Waals surface area contributed by atoms with Gasteiger partial charge in [-0.05, 0) is 54.3 Å². The van der Waals surface area contributed by atoms with Crippen LogP contribution < -0.4 is 4.90 Å². The number of carbonyl (C=O) groups is 1. The minimum atomic E-state index is -0.722. The third-order valence-electron chi connectivity index (χ3n) is 6.85. The fraction of sp³-hybridized carbons (Fsp3) is 0.296. The van der Waals surface area contributed by atoms with Gasteiger partial charge in [-0.1, -0.05) is 59.3 Å². The Bertz CT molecular complexity index is 1130. The van der Waals surface area contributed by atoms with E-state index < -0.39 is 5.41 Å². The Hall–Kier alpha value is -2.63. The summed E-state index contributed by atoms with van der Waals surface area (Å²) in [7, 11) is 0. The highest BCUT2D eigenvalue weighted by molar-refractivity contribution is 9.10. The molecule has 1 fully saturated rings. The number of hydrogen-bond donors (Lipinski definition) is 0. The molecule has 0 unspecified atom stereocenters. The van der Waals surface area contributed by atoms with Crippen LogP contribution in [0.25, 0.3) is 0 Å². The molecule has 32 heavy (non-hydrogen) atoms. The maximum Gasteiger partial charge on any atom is 0.239 e. The number of carbonyl (C=O) groups excluding carboxylic acids is 1. The van der Waals surface area contributed by atoms with Gasteiger partial charge in [-0.25, -0.2) is 0 Å². The van der Waals surface area contributed by atoms with E-state index in [1.165, 1.54) is 5.56 Å². The molecule has 0 radical (unpaired) electrons. The summed E-state index contributed by atoms with van der Waals surface area (Å²) >= 11 is 3.66. The van der Waals surface area contributed by atoms with E-state index in [4.69, 9.17) is 4.42 Å². The standard InChI is InChI=1S/C27H27BrN2O2/c1-3-14-29-23-13-12-20(28)16-22(23)27(26(29)31)17-21(4-2)30(18-19-9-6-5-7-10-19)25(27)24-11-8-15-32-24/h4-13,15-16,21,25H,2-3,14,17-18H2,1H3/t21-,25+,27+/m1/s1. The van der Waals surface area contributed by atoms with Gasteiger partial charge in [0.05, 0.1) is 12.3 Å². The van der Waals surface area contributed by atoms with Gasteiger partial charge in [0.2, 0.25) is 5.91 Å². The van der Waals surface area contributed by atoms with Crippen LogP contribution in [0.2, 0.25) is 0 Å². The Morgan fingerprint density at radius 2 is 2.00 bits per heavy atom. The lowest BCUT2D eigenvalue weighted by molar-refractivity contribution is -0.124. The van der Waals surface area contributed by atoms with Crippen molar-refractivity contribution in [2.45, 2.75) is 43.8 Å². The summed E-state index contributed by atoms with van der Waals surface area (Å²) in [6.07, 6.45) is 5.27. The Morgan fingerprint density at radius 3 is 2.69 bits per heavy atom. The summed E-state index contributed by atoms with van der Waals surface area (Å²) in [4.78, 5) is 18.6. The molecule has 3 aromatic rings. The summed E-state index contributed by atoms with van der Waals surface area (Å²) < 4.78 is 6.98. The average molecular weight is 491 g/mol. The molecule has 1 aromatic heterocycles. The molecule has 1 saturated heterocycles. The predicted octanol–water partition coefficient (Wildman–Crippen LogP) is 6.24. The van der Waals surface area contributed by atoms with Crippen LogP contribution >= 0.6 is 15.9 Å². The number of furan rings is 1. The molecule has 0 aliphatic carbocycles. The van der Waals surface area contributed by atoms with Crippen LogP contribution in [0.3, 0.4) is 0 Å². The minimum Gasteiger partial charge on any atom is -0.468 e. The van der Waals surface area contributed by atoms with Crippen LogP contribution in [0.15, 0.2) is 88.5 Å². The van der Waals surface area contributed by atoms with E-state index in [1.807, 2.05) is 35.2 Å². The molecule has 4 nitrogen and oxygen atoms in total. The molecule has 5 rings (SSSR count). The summed E-state index contributed by atoms with van der Waals surface area (Å²) in [5.41, 5.74) is 2.58. The smallest absolute Gasteiger partial charge is 0.239 e. The first-order chi connectivity index (χ1) is 15.6. The zero-order chi connectivity index (χ0) is 22.3. The fourth-order valence-electron chi connectivity index (χ4n) is 5.58. The van der Waals surface area contributed by atoms with Crippen LogP contribution in [0, 0.1) is 0 Å². The zero-order valence-electron chi connectivity index (χ0n) is 18.2. The van der Waals surface area contributed by atoms with Gasteiger partial charge in [-0.3, -0.25) is 9.69 Å². The van der Waals surface area contributed by atoms with Crippen molar-refractivity contribution in [3.8, 4) is 0 Å². The van der Waals surface area contributed by atoms with Crippen LogP contribution in [0.1, 0.15) is 42.7 Å². The Morgan fingerprint density at radius 1 is 1.19 bits per heavy atom. The molecule has 3 atom stereocenters. The maximum atomic E-state index is 14.3. The summed E-state index contributed by atoms with van der Waals surface area (Å²) in [6, 6.07) is 20.4. The van der Waals surface area contributed by atoms with E-state index in [0.29, 0.717) is 13.0 Å². The maximum absolute atomic E-state index is 14.3. The zero-order valence-corrected chi connectivity index (χ0v) is 19.8. The van der Waals surface area contributed by atoms with E-state index in [0.717, 1.165) is 34.4 Å². The number of amides is 1. The molecule has 1 amide bonds. The SMILES string of the molecule is C=C[C@@H]1C[C@@]2(C(=O)N(CCC)c3ccc(Br)cc32)[C@H](c2ccco2)N1Cc1ccccc1. The highest BCUT2D eigenvalue weighted by Crippen LogP contribution is 2.59. The number of halogens is 1. The number of nitrogens with zero attached hydrogens (tertiary/aromatic N) is 2. The number of rotatable bonds is 6. The van der Waals surface area contributed by atoms with Crippen molar-refractivity contribution in [1.82, 2.24) is 4.90 Å². The molecule has 5 heteroatoms. The van der Waals surface area contributed by atoms with Crippen molar-refractivity contribution in [3.05, 3.63) is 101 Å². The topological polar surface area (TPSA) is 36.7 Å². The minimum absolute atomic E-state index is 0.0441. The molecule has 0 saturated carbocycles. The number of anilines is 1. The molecule has 164 valence electrons. The first-order valence-corrected chi connectivity index (χ1v) is 12.0. The first kappa shape index (κ1) is 21.2. The highest BCUT2D eigenvalue weighted by atomic mass is 79.9. The molecule has 2 aromatic carbocycles. The van der Waals surface area contributed by atoms with E-state index in [2.05, 4.69) is 70.7 Å². The van der Waals surface area contributed by atoms with E-state index in [1.54, 1.807) is 6.26 Å². The van der Waals surface area contributed by atoms with Gasteiger partial charge >= 0.3 is 0 Å². The third-order valence-corrected chi connectivity index (χ3v) is 7.35. The van der Waals surface area contributed by atoms with Gasteiger partial charge in [-0.15, -0.1) is 6.58 Å². The van der Waals surface area contributed by atoms with Crippen LogP contribution in [0.5, 0.6) is 0 Å².